The van der Waals surface area contributed by atoms with E-state index in [1.807, 2.05) is 49.3 Å². The highest BCUT2D eigenvalue weighted by Crippen LogP contribution is 2.21. The highest BCUT2D eigenvalue weighted by Gasteiger charge is 2.14. The molecular formula is C21H24N4O3. The molecule has 0 saturated carbocycles. The molecule has 0 aliphatic heterocycles. The zero-order valence-electron chi connectivity index (χ0n) is 16.1. The van der Waals surface area contributed by atoms with Crippen molar-refractivity contribution in [3.8, 4) is 5.75 Å². The standard InChI is InChI=1S/C21H24N4O3/c1-4-7-15-8-5-6-9-18(15)27-14-17-10-11-19(28-17)21(26)22-20-12-16(23-24-20)13-25(2)3/h4-6,8-12H,1,7,13-14H2,2-3H3,(H2,22,23,24,26). The third-order valence-electron chi connectivity index (χ3n) is 3.95. The van der Waals surface area contributed by atoms with Crippen LogP contribution in [0.25, 0.3) is 0 Å². The first-order valence-corrected chi connectivity index (χ1v) is 8.96. The van der Waals surface area contributed by atoms with Gasteiger partial charge in [-0.05, 0) is 44.3 Å². The summed E-state index contributed by atoms with van der Waals surface area (Å²) in [6.45, 7) is 4.70. The van der Waals surface area contributed by atoms with Gasteiger partial charge < -0.3 is 19.4 Å². The Morgan fingerprint density at radius 3 is 2.93 bits per heavy atom. The quantitative estimate of drug-likeness (QED) is 0.554. The van der Waals surface area contributed by atoms with Gasteiger partial charge in [-0.1, -0.05) is 24.3 Å². The number of carbonyl (C=O) groups is 1. The van der Waals surface area contributed by atoms with Gasteiger partial charge in [-0.3, -0.25) is 9.89 Å². The number of aromatic amines is 1. The Morgan fingerprint density at radius 2 is 2.14 bits per heavy atom. The topological polar surface area (TPSA) is 83.4 Å². The molecule has 0 spiro atoms. The molecule has 146 valence electrons. The zero-order valence-corrected chi connectivity index (χ0v) is 16.1. The summed E-state index contributed by atoms with van der Waals surface area (Å²) in [5.74, 6) is 1.63. The Hall–Kier alpha value is -3.32. The number of nitrogens with zero attached hydrogens (tertiary/aromatic N) is 2. The number of ether oxygens (including phenoxy) is 1. The van der Waals surface area contributed by atoms with Gasteiger partial charge >= 0.3 is 0 Å². The molecule has 3 aromatic rings. The van der Waals surface area contributed by atoms with E-state index >= 15 is 0 Å². The van der Waals surface area contributed by atoms with Crippen molar-refractivity contribution in [3.63, 3.8) is 0 Å². The van der Waals surface area contributed by atoms with Crippen molar-refractivity contribution in [1.82, 2.24) is 15.1 Å². The van der Waals surface area contributed by atoms with Gasteiger partial charge in [-0.15, -0.1) is 6.58 Å². The summed E-state index contributed by atoms with van der Waals surface area (Å²) in [4.78, 5) is 14.4. The molecule has 0 unspecified atom stereocenters. The molecule has 0 aliphatic rings. The minimum atomic E-state index is -0.360. The smallest absolute Gasteiger partial charge is 0.292 e. The van der Waals surface area contributed by atoms with Gasteiger partial charge in [0.25, 0.3) is 5.91 Å². The average molecular weight is 380 g/mol. The molecule has 0 radical (unpaired) electrons. The Kier molecular flexibility index (Phi) is 6.29. The van der Waals surface area contributed by atoms with Gasteiger partial charge in [0.15, 0.2) is 11.6 Å². The van der Waals surface area contributed by atoms with E-state index < -0.39 is 0 Å². The molecule has 0 fully saturated rings. The third-order valence-corrected chi connectivity index (χ3v) is 3.95. The van der Waals surface area contributed by atoms with Crippen LogP contribution in [-0.4, -0.2) is 35.1 Å². The van der Waals surface area contributed by atoms with Crippen molar-refractivity contribution >= 4 is 11.7 Å². The van der Waals surface area contributed by atoms with E-state index in [2.05, 4.69) is 22.1 Å². The average Bonchev–Trinajstić information content (AvgIpc) is 3.30. The molecule has 1 aromatic carbocycles. The van der Waals surface area contributed by atoms with Crippen molar-refractivity contribution in [2.24, 2.45) is 0 Å². The molecule has 7 heteroatoms. The van der Waals surface area contributed by atoms with E-state index in [0.717, 1.165) is 23.4 Å². The molecule has 2 N–H and O–H groups in total. The van der Waals surface area contributed by atoms with E-state index in [4.69, 9.17) is 9.15 Å². The largest absolute Gasteiger partial charge is 0.485 e. The molecule has 2 aromatic heterocycles. The molecule has 0 atom stereocenters. The van der Waals surface area contributed by atoms with E-state index in [0.29, 0.717) is 18.1 Å². The molecule has 2 heterocycles. The normalized spacial score (nSPS) is 10.8. The molecular weight excluding hydrogens is 356 g/mol. The Balaban J connectivity index is 1.58. The highest BCUT2D eigenvalue weighted by atomic mass is 16.5. The zero-order chi connectivity index (χ0) is 19.9. The molecule has 3 rings (SSSR count). The summed E-state index contributed by atoms with van der Waals surface area (Å²) in [5.41, 5.74) is 1.96. The molecule has 0 bridgehead atoms. The number of aromatic nitrogens is 2. The van der Waals surface area contributed by atoms with Crippen LogP contribution in [-0.2, 0) is 19.6 Å². The minimum Gasteiger partial charge on any atom is -0.485 e. The number of furan rings is 1. The summed E-state index contributed by atoms with van der Waals surface area (Å²) in [6, 6.07) is 12.9. The van der Waals surface area contributed by atoms with Gasteiger partial charge in [0.2, 0.25) is 0 Å². The number of allylic oxidation sites excluding steroid dienone is 1. The minimum absolute atomic E-state index is 0.204. The number of nitrogens with one attached hydrogen (secondary N) is 2. The predicted octanol–water partition coefficient (Wildman–Crippen LogP) is 3.62. The van der Waals surface area contributed by atoms with Crippen LogP contribution < -0.4 is 10.1 Å². The fraction of sp³-hybridized carbons (Fsp3) is 0.238. The Labute approximate surface area is 164 Å². The molecule has 1 amide bonds. The fourth-order valence-electron chi connectivity index (χ4n) is 2.72. The van der Waals surface area contributed by atoms with Crippen molar-refractivity contribution in [3.05, 3.63) is 77.9 Å². The van der Waals surface area contributed by atoms with Gasteiger partial charge in [0.05, 0.1) is 5.69 Å². The lowest BCUT2D eigenvalue weighted by molar-refractivity contribution is 0.0992. The van der Waals surface area contributed by atoms with Gasteiger partial charge in [-0.25, -0.2) is 0 Å². The van der Waals surface area contributed by atoms with Crippen LogP contribution in [0.1, 0.15) is 27.6 Å². The van der Waals surface area contributed by atoms with E-state index in [-0.39, 0.29) is 18.3 Å². The van der Waals surface area contributed by atoms with Gasteiger partial charge in [-0.2, -0.15) is 5.10 Å². The first-order chi connectivity index (χ1) is 13.5. The number of amides is 1. The summed E-state index contributed by atoms with van der Waals surface area (Å²) in [7, 11) is 3.92. The second kappa shape index (κ2) is 9.05. The summed E-state index contributed by atoms with van der Waals surface area (Å²) in [6.07, 6.45) is 2.55. The van der Waals surface area contributed by atoms with Crippen LogP contribution in [0.3, 0.4) is 0 Å². The van der Waals surface area contributed by atoms with Crippen LogP contribution in [0.4, 0.5) is 5.82 Å². The predicted molar refractivity (Wildman–Crippen MR) is 107 cm³/mol. The second-order valence-electron chi connectivity index (χ2n) is 6.63. The first kappa shape index (κ1) is 19.4. The van der Waals surface area contributed by atoms with Crippen LogP contribution in [0.5, 0.6) is 5.75 Å². The summed E-state index contributed by atoms with van der Waals surface area (Å²) in [5, 5.41) is 9.70. The SMILES string of the molecule is C=CCc1ccccc1OCc1ccc(C(=O)Nc2cc(CN(C)C)[nH]n2)o1. The number of H-pyrrole nitrogens is 1. The molecule has 0 saturated heterocycles. The van der Waals surface area contributed by atoms with E-state index in [1.165, 1.54) is 0 Å². The van der Waals surface area contributed by atoms with E-state index in [1.54, 1.807) is 18.2 Å². The van der Waals surface area contributed by atoms with Crippen molar-refractivity contribution in [2.45, 2.75) is 19.6 Å². The molecule has 7 nitrogen and oxygen atoms in total. The lowest BCUT2D eigenvalue weighted by Gasteiger charge is -2.08. The number of carbonyl (C=O) groups excluding carboxylic acids is 1. The molecule has 0 aliphatic carbocycles. The third kappa shape index (κ3) is 5.11. The Bertz CT molecular complexity index is 943. The van der Waals surface area contributed by atoms with Crippen LogP contribution >= 0.6 is 0 Å². The van der Waals surface area contributed by atoms with Crippen molar-refractivity contribution in [2.75, 3.05) is 19.4 Å². The van der Waals surface area contributed by atoms with Crippen molar-refractivity contribution < 1.29 is 13.9 Å². The lowest BCUT2D eigenvalue weighted by atomic mass is 10.1. The summed E-state index contributed by atoms with van der Waals surface area (Å²) >= 11 is 0. The number of rotatable bonds is 9. The second-order valence-corrected chi connectivity index (χ2v) is 6.63. The number of hydrogen-bond acceptors (Lipinski definition) is 5. The highest BCUT2D eigenvalue weighted by molar-refractivity contribution is 6.01. The maximum atomic E-state index is 12.4. The number of para-hydroxylation sites is 1. The molecule has 28 heavy (non-hydrogen) atoms. The van der Waals surface area contributed by atoms with E-state index in [9.17, 15) is 4.79 Å². The fourth-order valence-corrected chi connectivity index (χ4v) is 2.72. The van der Waals surface area contributed by atoms with Crippen molar-refractivity contribution in [1.29, 1.82) is 0 Å². The van der Waals surface area contributed by atoms with Gasteiger partial charge in [0.1, 0.15) is 18.1 Å². The van der Waals surface area contributed by atoms with Crippen LogP contribution in [0, 0.1) is 0 Å². The van der Waals surface area contributed by atoms with Crippen LogP contribution in [0.15, 0.2) is 59.5 Å². The first-order valence-electron chi connectivity index (χ1n) is 8.96. The lowest BCUT2D eigenvalue weighted by Crippen LogP contribution is -2.11. The van der Waals surface area contributed by atoms with Crippen LogP contribution in [0.2, 0.25) is 0 Å². The Morgan fingerprint density at radius 1 is 1.32 bits per heavy atom. The monoisotopic (exact) mass is 380 g/mol. The number of hydrogen-bond donors (Lipinski definition) is 2. The maximum absolute atomic E-state index is 12.4. The van der Waals surface area contributed by atoms with Gasteiger partial charge in [0, 0.05) is 12.6 Å². The number of anilines is 1. The summed E-state index contributed by atoms with van der Waals surface area (Å²) < 4.78 is 11.4. The maximum Gasteiger partial charge on any atom is 0.292 e. The number of benzene rings is 1.